The van der Waals surface area contributed by atoms with E-state index in [4.69, 9.17) is 16.3 Å². The summed E-state index contributed by atoms with van der Waals surface area (Å²) in [6, 6.07) is 1.77. The van der Waals surface area contributed by atoms with E-state index in [0.29, 0.717) is 10.0 Å². The van der Waals surface area contributed by atoms with Crippen LogP contribution in [0.25, 0.3) is 0 Å². The van der Waals surface area contributed by atoms with Gasteiger partial charge in [0.25, 0.3) is 0 Å². The molecule has 5 nitrogen and oxygen atoms in total. The van der Waals surface area contributed by atoms with Crippen molar-refractivity contribution >= 4 is 44.5 Å². The molecule has 0 saturated heterocycles. The Bertz CT molecular complexity index is 671. The van der Waals surface area contributed by atoms with Crippen molar-refractivity contribution in [2.24, 2.45) is 0 Å². The summed E-state index contributed by atoms with van der Waals surface area (Å²) in [6.07, 6.45) is 1.53. The van der Waals surface area contributed by atoms with E-state index >= 15 is 0 Å². The average Bonchev–Trinajstić information content (AvgIpc) is 2.37. The van der Waals surface area contributed by atoms with Gasteiger partial charge in [0.15, 0.2) is 0 Å². The zero-order valence-electron chi connectivity index (χ0n) is 15.7. The summed E-state index contributed by atoms with van der Waals surface area (Å²) in [5, 5.41) is 0.243. The van der Waals surface area contributed by atoms with Gasteiger partial charge in [-0.3, -0.25) is 4.79 Å². The third-order valence-corrected chi connectivity index (χ3v) is 5.68. The van der Waals surface area contributed by atoms with E-state index in [1.807, 2.05) is 20.8 Å². The van der Waals surface area contributed by atoms with Crippen molar-refractivity contribution < 1.29 is 13.7 Å². The van der Waals surface area contributed by atoms with Gasteiger partial charge in [-0.15, -0.1) is 0 Å². The van der Waals surface area contributed by atoms with Crippen LogP contribution in [0.4, 0.5) is 0 Å². The Kier molecular flexibility index (Phi) is 7.24. The minimum absolute atomic E-state index is 0.0378. The number of nitrogens with one attached hydrogen (secondary N) is 1. The fourth-order valence-corrected chi connectivity index (χ4v) is 3.56. The molecule has 0 aliphatic carbocycles. The van der Waals surface area contributed by atoms with Gasteiger partial charge in [0.05, 0.1) is 27.7 Å². The summed E-state index contributed by atoms with van der Waals surface area (Å²) in [5.74, 6) is -0.413. The molecule has 1 N–H and O–H groups in total. The van der Waals surface area contributed by atoms with Crippen LogP contribution in [-0.2, 0) is 26.1 Å². The molecule has 0 bridgehead atoms. The maximum Gasteiger partial charge on any atom is 0.308 e. The van der Waals surface area contributed by atoms with Crippen LogP contribution in [0.1, 0.15) is 60.5 Å². The number of nitrogens with zero attached hydrogens (tertiary/aromatic N) is 1. The summed E-state index contributed by atoms with van der Waals surface area (Å²) in [4.78, 5) is 16.6. The third-order valence-electron chi connectivity index (χ3n) is 3.19. The van der Waals surface area contributed by atoms with Gasteiger partial charge in [-0.1, -0.05) is 11.6 Å². The molecule has 0 aliphatic heterocycles. The molecular formula is C17H26BrClN2O3S. The van der Waals surface area contributed by atoms with E-state index in [-0.39, 0.29) is 11.6 Å². The molecule has 1 rings (SSSR count). The smallest absolute Gasteiger partial charge is 0.308 e. The van der Waals surface area contributed by atoms with Gasteiger partial charge in [-0.2, -0.15) is 0 Å². The number of carbonyl (C=O) groups is 1. The summed E-state index contributed by atoms with van der Waals surface area (Å²) in [7, 11) is -1.42. The maximum atomic E-state index is 12.7. The van der Waals surface area contributed by atoms with Crippen LogP contribution >= 0.6 is 27.5 Å². The molecule has 2 atom stereocenters. The van der Waals surface area contributed by atoms with Gasteiger partial charge >= 0.3 is 5.97 Å². The predicted octanol–water partition coefficient (Wildman–Crippen LogP) is 4.50. The molecule has 142 valence electrons. The lowest BCUT2D eigenvalue weighted by molar-refractivity contribution is -0.156. The molecule has 0 aromatic carbocycles. The second kappa shape index (κ2) is 8.03. The van der Waals surface area contributed by atoms with Crippen molar-refractivity contribution in [3.63, 3.8) is 0 Å². The van der Waals surface area contributed by atoms with Gasteiger partial charge in [-0.25, -0.2) is 13.9 Å². The zero-order valence-corrected chi connectivity index (χ0v) is 18.9. The normalized spacial score (nSPS) is 16.2. The van der Waals surface area contributed by atoms with E-state index in [1.54, 1.807) is 40.0 Å². The fraction of sp³-hybridized carbons (Fsp3) is 0.647. The number of halogens is 2. The molecule has 0 spiro atoms. The molecule has 0 unspecified atom stereocenters. The van der Waals surface area contributed by atoms with E-state index in [9.17, 15) is 9.00 Å². The second-order valence-electron chi connectivity index (χ2n) is 8.07. The highest BCUT2D eigenvalue weighted by atomic mass is 79.9. The number of rotatable bonds is 5. The Labute approximate surface area is 166 Å². The highest BCUT2D eigenvalue weighted by Gasteiger charge is 2.38. The van der Waals surface area contributed by atoms with E-state index in [0.717, 1.165) is 0 Å². The first-order valence-electron chi connectivity index (χ1n) is 7.87. The average molecular weight is 454 g/mol. The van der Waals surface area contributed by atoms with Crippen LogP contribution in [0.3, 0.4) is 0 Å². The Hall–Kier alpha value is -0.500. The molecule has 0 aliphatic rings. The van der Waals surface area contributed by atoms with E-state index < -0.39 is 32.8 Å². The summed E-state index contributed by atoms with van der Waals surface area (Å²) >= 11 is 9.64. The lowest BCUT2D eigenvalue weighted by atomic mass is 9.91. The first kappa shape index (κ1) is 22.5. The van der Waals surface area contributed by atoms with Crippen LogP contribution in [-0.4, -0.2) is 25.5 Å². The van der Waals surface area contributed by atoms with E-state index in [2.05, 4.69) is 25.6 Å². The highest BCUT2D eigenvalue weighted by Crippen LogP contribution is 2.34. The lowest BCUT2D eigenvalue weighted by Crippen LogP contribution is -2.48. The first-order valence-corrected chi connectivity index (χ1v) is 10.2. The Balaban J connectivity index is 3.28. The molecular weight excluding hydrogens is 428 g/mol. The molecule has 0 amide bonds. The SMILES string of the molecule is CC(C)(C)OC(=O)C[C@](C)(N[S@](=O)C(C)(C)C)c1cc(Br)cnc1Cl. The molecule has 0 radical (unpaired) electrons. The maximum absolute atomic E-state index is 12.7. The van der Waals surface area contributed by atoms with Crippen LogP contribution in [0.2, 0.25) is 5.15 Å². The van der Waals surface area contributed by atoms with Gasteiger partial charge in [0.2, 0.25) is 0 Å². The first-order chi connectivity index (χ1) is 11.1. The second-order valence-corrected chi connectivity index (χ2v) is 11.3. The van der Waals surface area contributed by atoms with Gasteiger partial charge in [0, 0.05) is 16.2 Å². The molecule has 1 aromatic rings. The Morgan fingerprint density at radius 2 is 1.84 bits per heavy atom. The summed E-state index contributed by atoms with van der Waals surface area (Å²) in [5.41, 5.74) is -1.04. The summed E-state index contributed by atoms with van der Waals surface area (Å²) < 4.78 is 21.4. The molecule has 8 heteroatoms. The third kappa shape index (κ3) is 6.96. The number of aromatic nitrogens is 1. The number of carbonyl (C=O) groups excluding carboxylic acids is 1. The lowest BCUT2D eigenvalue weighted by Gasteiger charge is -2.34. The van der Waals surface area contributed by atoms with Crippen molar-refractivity contribution in [2.45, 2.75) is 70.8 Å². The monoisotopic (exact) mass is 452 g/mol. The van der Waals surface area contributed by atoms with Crippen LogP contribution in [0.15, 0.2) is 16.7 Å². The van der Waals surface area contributed by atoms with Gasteiger partial charge < -0.3 is 4.74 Å². The van der Waals surface area contributed by atoms with Crippen LogP contribution < -0.4 is 4.72 Å². The van der Waals surface area contributed by atoms with Crippen molar-refractivity contribution in [2.75, 3.05) is 0 Å². The highest BCUT2D eigenvalue weighted by molar-refractivity contribution is 9.10. The fourth-order valence-electron chi connectivity index (χ4n) is 2.02. The molecule has 25 heavy (non-hydrogen) atoms. The van der Waals surface area contributed by atoms with Crippen molar-refractivity contribution in [1.82, 2.24) is 9.71 Å². The van der Waals surface area contributed by atoms with Crippen molar-refractivity contribution in [1.29, 1.82) is 0 Å². The molecule has 1 heterocycles. The Morgan fingerprint density at radius 3 is 2.32 bits per heavy atom. The quantitative estimate of drug-likeness (QED) is 0.526. The van der Waals surface area contributed by atoms with Crippen LogP contribution in [0, 0.1) is 0 Å². The number of esters is 1. The summed E-state index contributed by atoms with van der Waals surface area (Å²) in [6.45, 7) is 12.7. The van der Waals surface area contributed by atoms with Gasteiger partial charge in [-0.05, 0) is 70.5 Å². The standard InChI is InChI=1S/C17H26BrClN2O3S/c1-15(2,3)24-13(22)9-17(7,21-25(23)16(4,5)6)12-8-11(18)10-20-14(12)19/h8,10,21H,9H2,1-7H3/t17-,25+/m0/s1. The number of pyridine rings is 1. The van der Waals surface area contributed by atoms with E-state index in [1.165, 1.54) is 0 Å². The van der Waals surface area contributed by atoms with Crippen molar-refractivity contribution in [3.8, 4) is 0 Å². The Morgan fingerprint density at radius 1 is 1.28 bits per heavy atom. The topological polar surface area (TPSA) is 68.3 Å². The zero-order chi connectivity index (χ0) is 19.6. The molecule has 0 fully saturated rings. The van der Waals surface area contributed by atoms with Crippen LogP contribution in [0.5, 0.6) is 0 Å². The number of ether oxygens (including phenoxy) is 1. The number of hydrogen-bond donors (Lipinski definition) is 1. The van der Waals surface area contributed by atoms with Crippen molar-refractivity contribution in [3.05, 3.63) is 27.5 Å². The minimum atomic E-state index is -1.42. The minimum Gasteiger partial charge on any atom is -0.460 e. The largest absolute Gasteiger partial charge is 0.460 e. The molecule has 1 aromatic heterocycles. The molecule has 0 saturated carbocycles. The van der Waals surface area contributed by atoms with Gasteiger partial charge in [0.1, 0.15) is 10.8 Å². The predicted molar refractivity (Wildman–Crippen MR) is 106 cm³/mol. The number of hydrogen-bond acceptors (Lipinski definition) is 4.